The molecule has 16 heavy (non-hydrogen) atoms. The van der Waals surface area contributed by atoms with Crippen LogP contribution in [0.25, 0.3) is 0 Å². The Morgan fingerprint density at radius 3 is 2.25 bits per heavy atom. The predicted molar refractivity (Wildman–Crippen MR) is 68.6 cm³/mol. The first kappa shape index (κ1) is 18.5. The first-order valence-electron chi connectivity index (χ1n) is 5.13. The molecule has 0 rings (SSSR count). The van der Waals surface area contributed by atoms with E-state index in [4.69, 9.17) is 4.74 Å². The number of sulfonamides is 1. The maximum Gasteiger partial charge on any atom is 0.213 e. The fourth-order valence-electron chi connectivity index (χ4n) is 0.820. The molecule has 0 bridgehead atoms. The first-order valence-corrected chi connectivity index (χ1v) is 6.79. The Labute approximate surface area is 105 Å². The highest BCUT2D eigenvalue weighted by atomic mass is 35.5. The molecule has 1 unspecified atom stereocenters. The zero-order chi connectivity index (χ0) is 11.9. The molecule has 0 saturated heterocycles. The zero-order valence-electron chi connectivity index (χ0n) is 10.3. The van der Waals surface area contributed by atoms with E-state index in [1.165, 1.54) is 0 Å². The lowest BCUT2D eigenvalue weighted by molar-refractivity contribution is 0.0911. The first-order chi connectivity index (χ1) is 6.87. The van der Waals surface area contributed by atoms with Gasteiger partial charge >= 0.3 is 0 Å². The second kappa shape index (κ2) is 9.18. The van der Waals surface area contributed by atoms with Crippen LogP contribution in [0.4, 0.5) is 0 Å². The quantitative estimate of drug-likeness (QED) is 0.671. The van der Waals surface area contributed by atoms with Crippen molar-refractivity contribution in [3.05, 3.63) is 0 Å². The second-order valence-electron chi connectivity index (χ2n) is 3.78. The highest BCUT2D eigenvalue weighted by molar-refractivity contribution is 7.89. The molecule has 0 amide bonds. The van der Waals surface area contributed by atoms with E-state index in [0.29, 0.717) is 6.54 Å². The number of hydrogen-bond acceptors (Lipinski definition) is 4. The van der Waals surface area contributed by atoms with Gasteiger partial charge in [-0.05, 0) is 27.8 Å². The monoisotopic (exact) mass is 274 g/mol. The molecule has 0 heterocycles. The van der Waals surface area contributed by atoms with Crippen molar-refractivity contribution >= 4 is 22.4 Å². The summed E-state index contributed by atoms with van der Waals surface area (Å²) < 4.78 is 30.5. The largest absolute Gasteiger partial charge is 0.378 e. The molecule has 0 aliphatic carbocycles. The van der Waals surface area contributed by atoms with Crippen molar-refractivity contribution in [1.29, 1.82) is 0 Å². The Morgan fingerprint density at radius 2 is 1.81 bits per heavy atom. The summed E-state index contributed by atoms with van der Waals surface area (Å²) in [6, 6.07) is 0.130. The van der Waals surface area contributed by atoms with Crippen molar-refractivity contribution in [2.45, 2.75) is 32.9 Å². The molecule has 0 aliphatic rings. The van der Waals surface area contributed by atoms with Gasteiger partial charge in [0.15, 0.2) is 0 Å². The molecule has 5 nitrogen and oxygen atoms in total. The Morgan fingerprint density at radius 1 is 1.25 bits per heavy atom. The minimum absolute atomic E-state index is 0. The third-order valence-corrected chi connectivity index (χ3v) is 3.22. The molecule has 0 aromatic heterocycles. The highest BCUT2D eigenvalue weighted by Gasteiger charge is 2.11. The van der Waals surface area contributed by atoms with Gasteiger partial charge in [-0.15, -0.1) is 12.4 Å². The van der Waals surface area contributed by atoms with Crippen LogP contribution in [0.1, 0.15) is 20.8 Å². The fourth-order valence-corrected chi connectivity index (χ4v) is 1.78. The predicted octanol–water partition coefficient (Wildman–Crippen LogP) is 0.361. The summed E-state index contributed by atoms with van der Waals surface area (Å²) in [4.78, 5) is 0. The Balaban J connectivity index is 0. The SMILES string of the molecule is CNC(C)CNS(=O)(=O)CCOC(C)C.Cl. The van der Waals surface area contributed by atoms with Gasteiger partial charge in [-0.3, -0.25) is 0 Å². The molecule has 0 fully saturated rings. The van der Waals surface area contributed by atoms with Crippen LogP contribution in [0.2, 0.25) is 0 Å². The Hall–Kier alpha value is 0.120. The number of nitrogens with one attached hydrogen (secondary N) is 2. The van der Waals surface area contributed by atoms with E-state index in [0.717, 1.165) is 0 Å². The van der Waals surface area contributed by atoms with Crippen LogP contribution < -0.4 is 10.0 Å². The molecule has 100 valence electrons. The standard InChI is InChI=1S/C9H22N2O3S.ClH/c1-8(2)14-5-6-15(12,13)11-7-9(3)10-4;/h8-11H,5-7H2,1-4H3;1H. The minimum atomic E-state index is -3.20. The smallest absolute Gasteiger partial charge is 0.213 e. The van der Waals surface area contributed by atoms with Crippen LogP contribution in [0.15, 0.2) is 0 Å². The third-order valence-electron chi connectivity index (χ3n) is 1.91. The van der Waals surface area contributed by atoms with Crippen molar-refractivity contribution in [2.75, 3.05) is 26.0 Å². The lowest BCUT2D eigenvalue weighted by Gasteiger charge is -2.12. The van der Waals surface area contributed by atoms with Gasteiger partial charge in [-0.25, -0.2) is 13.1 Å². The van der Waals surface area contributed by atoms with E-state index in [1.807, 2.05) is 20.8 Å². The average Bonchev–Trinajstić information content (AvgIpc) is 2.13. The van der Waals surface area contributed by atoms with E-state index < -0.39 is 10.0 Å². The maximum absolute atomic E-state index is 11.4. The van der Waals surface area contributed by atoms with Crippen LogP contribution in [0, 0.1) is 0 Å². The van der Waals surface area contributed by atoms with Crippen LogP contribution in [-0.4, -0.2) is 46.5 Å². The van der Waals surface area contributed by atoms with Crippen molar-refractivity contribution < 1.29 is 13.2 Å². The normalized spacial score (nSPS) is 13.6. The minimum Gasteiger partial charge on any atom is -0.378 e. The van der Waals surface area contributed by atoms with Crippen LogP contribution in [0.3, 0.4) is 0 Å². The summed E-state index contributed by atoms with van der Waals surface area (Å²) >= 11 is 0. The summed E-state index contributed by atoms with van der Waals surface area (Å²) in [7, 11) is -1.40. The molecule has 0 aliphatic heterocycles. The summed E-state index contributed by atoms with van der Waals surface area (Å²) in [5.41, 5.74) is 0. The van der Waals surface area contributed by atoms with Gasteiger partial charge in [-0.1, -0.05) is 0 Å². The van der Waals surface area contributed by atoms with Gasteiger partial charge in [0, 0.05) is 12.6 Å². The molecular formula is C9H23ClN2O3S. The summed E-state index contributed by atoms with van der Waals surface area (Å²) in [5, 5.41) is 2.95. The summed E-state index contributed by atoms with van der Waals surface area (Å²) in [6.45, 7) is 6.31. The number of ether oxygens (including phenoxy) is 1. The van der Waals surface area contributed by atoms with Crippen molar-refractivity contribution in [1.82, 2.24) is 10.0 Å². The number of hydrogen-bond donors (Lipinski definition) is 2. The van der Waals surface area contributed by atoms with Gasteiger partial charge < -0.3 is 10.1 Å². The Kier molecular flexibility index (Phi) is 10.6. The molecule has 0 aromatic rings. The van der Waals surface area contributed by atoms with Crippen molar-refractivity contribution in [3.63, 3.8) is 0 Å². The molecule has 7 heteroatoms. The molecule has 0 aromatic carbocycles. The molecule has 2 N–H and O–H groups in total. The van der Waals surface area contributed by atoms with Gasteiger partial charge in [0.05, 0.1) is 18.5 Å². The Bertz CT molecular complexity index is 257. The second-order valence-corrected chi connectivity index (χ2v) is 5.70. The van der Waals surface area contributed by atoms with Crippen LogP contribution in [0.5, 0.6) is 0 Å². The van der Waals surface area contributed by atoms with E-state index in [2.05, 4.69) is 10.0 Å². The average molecular weight is 275 g/mol. The van der Waals surface area contributed by atoms with Crippen molar-refractivity contribution in [3.8, 4) is 0 Å². The number of halogens is 1. The van der Waals surface area contributed by atoms with Gasteiger partial charge in [0.1, 0.15) is 0 Å². The lowest BCUT2D eigenvalue weighted by atomic mass is 10.4. The summed E-state index contributed by atoms with van der Waals surface area (Å²) in [6.07, 6.45) is 0.0661. The van der Waals surface area contributed by atoms with Gasteiger partial charge in [-0.2, -0.15) is 0 Å². The van der Waals surface area contributed by atoms with E-state index >= 15 is 0 Å². The maximum atomic E-state index is 11.4. The van der Waals surface area contributed by atoms with E-state index in [9.17, 15) is 8.42 Å². The lowest BCUT2D eigenvalue weighted by Crippen LogP contribution is -2.38. The molecule has 0 saturated carbocycles. The van der Waals surface area contributed by atoms with E-state index in [1.54, 1.807) is 7.05 Å². The fraction of sp³-hybridized carbons (Fsp3) is 1.00. The van der Waals surface area contributed by atoms with E-state index in [-0.39, 0.29) is 36.9 Å². The molecular weight excluding hydrogens is 252 g/mol. The highest BCUT2D eigenvalue weighted by Crippen LogP contribution is 1.91. The van der Waals surface area contributed by atoms with Gasteiger partial charge in [0.2, 0.25) is 10.0 Å². The number of rotatable bonds is 8. The molecule has 0 spiro atoms. The van der Waals surface area contributed by atoms with Crippen LogP contribution in [-0.2, 0) is 14.8 Å². The zero-order valence-corrected chi connectivity index (χ0v) is 12.0. The summed E-state index contributed by atoms with van der Waals surface area (Å²) in [5.74, 6) is 0.0155. The molecule has 0 radical (unpaired) electrons. The topological polar surface area (TPSA) is 67.4 Å². The van der Waals surface area contributed by atoms with Gasteiger partial charge in [0.25, 0.3) is 0 Å². The van der Waals surface area contributed by atoms with Crippen LogP contribution >= 0.6 is 12.4 Å². The van der Waals surface area contributed by atoms with Crippen molar-refractivity contribution in [2.24, 2.45) is 0 Å². The third kappa shape index (κ3) is 10.6. The number of likely N-dealkylation sites (N-methyl/N-ethyl adjacent to an activating group) is 1. The molecule has 1 atom stereocenters.